The molecule has 5 heterocycles. The highest BCUT2D eigenvalue weighted by Crippen LogP contribution is 2.53. The van der Waals surface area contributed by atoms with E-state index >= 15 is 0 Å². The number of fused-ring (bicyclic) bond motifs is 3. The van der Waals surface area contributed by atoms with Crippen LogP contribution >= 0.6 is 0 Å². The van der Waals surface area contributed by atoms with Gasteiger partial charge in [0.25, 0.3) is 5.91 Å². The molecule has 5 aliphatic rings. The Labute approximate surface area is 197 Å². The molecule has 0 saturated carbocycles. The summed E-state index contributed by atoms with van der Waals surface area (Å²) in [6.45, 7) is 5.65. The van der Waals surface area contributed by atoms with E-state index in [1.54, 1.807) is 0 Å². The number of carbonyl (C=O) groups excluding carboxylic acids is 3. The highest BCUT2D eigenvalue weighted by molar-refractivity contribution is 6.06. The van der Waals surface area contributed by atoms with Gasteiger partial charge in [0.1, 0.15) is 12.0 Å². The number of aromatic amines is 1. The molecule has 8 heteroatoms. The molecule has 8 nitrogen and oxygen atoms in total. The Morgan fingerprint density at radius 3 is 2.82 bits per heavy atom. The summed E-state index contributed by atoms with van der Waals surface area (Å²) in [6, 6.07) is 7.24. The molecule has 2 fully saturated rings. The Balaban J connectivity index is 1.53. The number of benzene rings is 1. The van der Waals surface area contributed by atoms with Crippen molar-refractivity contribution in [1.82, 2.24) is 14.8 Å². The van der Waals surface area contributed by atoms with Crippen LogP contribution in [0.4, 0.5) is 4.79 Å². The maximum atomic E-state index is 14.0. The molecule has 2 aromatic rings. The van der Waals surface area contributed by atoms with Gasteiger partial charge in [-0.15, -0.1) is 0 Å². The van der Waals surface area contributed by atoms with Gasteiger partial charge in [-0.05, 0) is 36.3 Å². The van der Waals surface area contributed by atoms with Crippen LogP contribution in [0.15, 0.2) is 35.9 Å². The van der Waals surface area contributed by atoms with Gasteiger partial charge in [-0.3, -0.25) is 14.5 Å². The molecular formula is C26H29N3O5. The Bertz CT molecular complexity index is 1250. The first-order valence-corrected chi connectivity index (χ1v) is 12.0. The van der Waals surface area contributed by atoms with Gasteiger partial charge in [-0.2, -0.15) is 0 Å². The van der Waals surface area contributed by atoms with E-state index in [-0.39, 0.29) is 36.4 Å². The lowest BCUT2D eigenvalue weighted by Gasteiger charge is -2.53. The third-order valence-corrected chi connectivity index (χ3v) is 8.19. The normalized spacial score (nSPS) is 31.8. The second-order valence-corrected chi connectivity index (χ2v) is 10.3. The molecule has 2 amide bonds. The fourth-order valence-electron chi connectivity index (χ4n) is 6.75. The molecule has 0 radical (unpaired) electrons. The lowest BCUT2D eigenvalue weighted by Crippen LogP contribution is -2.65. The fourth-order valence-corrected chi connectivity index (χ4v) is 6.75. The summed E-state index contributed by atoms with van der Waals surface area (Å²) in [5.41, 5.74) is 2.40. The summed E-state index contributed by atoms with van der Waals surface area (Å²) < 4.78 is 10.7. The second-order valence-electron chi connectivity index (χ2n) is 10.3. The van der Waals surface area contributed by atoms with Gasteiger partial charge < -0.3 is 14.5 Å². The maximum Gasteiger partial charge on any atom is 0.417 e. The number of nitrogens with one attached hydrogen (secondary N) is 1. The highest BCUT2D eigenvalue weighted by atomic mass is 16.6. The van der Waals surface area contributed by atoms with Crippen molar-refractivity contribution in [2.75, 3.05) is 26.8 Å². The number of amides is 2. The first kappa shape index (κ1) is 21.4. The average molecular weight is 464 g/mol. The molecule has 178 valence electrons. The zero-order chi connectivity index (χ0) is 23.8. The van der Waals surface area contributed by atoms with Gasteiger partial charge in [-0.1, -0.05) is 38.1 Å². The third-order valence-electron chi connectivity index (χ3n) is 8.19. The second kappa shape index (κ2) is 7.43. The summed E-state index contributed by atoms with van der Waals surface area (Å²) in [7, 11) is 1.41. The number of aromatic nitrogens is 1. The number of H-pyrrole nitrogens is 1. The van der Waals surface area contributed by atoms with E-state index < -0.39 is 17.6 Å². The minimum absolute atomic E-state index is 0.00321. The van der Waals surface area contributed by atoms with Crippen LogP contribution in [0.1, 0.15) is 31.5 Å². The predicted molar refractivity (Wildman–Crippen MR) is 124 cm³/mol. The van der Waals surface area contributed by atoms with Crippen molar-refractivity contribution in [2.24, 2.45) is 11.8 Å². The topological polar surface area (TPSA) is 91.9 Å². The van der Waals surface area contributed by atoms with Gasteiger partial charge in [0.2, 0.25) is 0 Å². The first-order chi connectivity index (χ1) is 16.4. The van der Waals surface area contributed by atoms with E-state index in [4.69, 9.17) is 9.47 Å². The van der Waals surface area contributed by atoms with Crippen LogP contribution in [-0.2, 0) is 30.9 Å². The van der Waals surface area contributed by atoms with Gasteiger partial charge in [-0.25, -0.2) is 9.69 Å². The number of hydrogen-bond donors (Lipinski definition) is 1. The van der Waals surface area contributed by atoms with Crippen LogP contribution < -0.4 is 0 Å². The number of imide groups is 1. The molecule has 1 aromatic carbocycles. The largest absolute Gasteiger partial charge is 0.468 e. The number of nitrogens with zero attached hydrogens (tertiary/aromatic N) is 2. The first-order valence-electron chi connectivity index (χ1n) is 12.0. The number of piperidine rings is 1. The zero-order valence-electron chi connectivity index (χ0n) is 19.7. The number of hydrogen-bond acceptors (Lipinski definition) is 6. The molecule has 1 aliphatic carbocycles. The Morgan fingerprint density at radius 2 is 2.06 bits per heavy atom. The zero-order valence-corrected chi connectivity index (χ0v) is 19.7. The van der Waals surface area contributed by atoms with Gasteiger partial charge in [0.15, 0.2) is 0 Å². The molecule has 1 aromatic heterocycles. The SMILES string of the molecule is COC(=O)C12CC3C=C(C(=O)N4C(=O)OC[C@@H]4C(C)C)C1N(CCc1c2[nH]c2ccccc12)C3. The number of cyclic esters (lactones) is 1. The molecule has 2 saturated heterocycles. The van der Waals surface area contributed by atoms with Gasteiger partial charge in [0, 0.05) is 35.3 Å². The van der Waals surface area contributed by atoms with Crippen LogP contribution in [0.3, 0.4) is 0 Å². The number of rotatable bonds is 3. The average Bonchev–Trinajstić information content (AvgIpc) is 3.39. The van der Waals surface area contributed by atoms with Crippen LogP contribution in [0.2, 0.25) is 0 Å². The number of methoxy groups -OCH3 is 1. The third kappa shape index (κ3) is 2.72. The summed E-state index contributed by atoms with van der Waals surface area (Å²) in [5.74, 6) is -0.635. The van der Waals surface area contributed by atoms with Crippen molar-refractivity contribution in [2.45, 2.75) is 44.2 Å². The number of esters is 1. The lowest BCUT2D eigenvalue weighted by atomic mass is 9.60. The minimum Gasteiger partial charge on any atom is -0.468 e. The van der Waals surface area contributed by atoms with E-state index in [1.165, 1.54) is 12.0 Å². The lowest BCUT2D eigenvalue weighted by molar-refractivity contribution is -0.154. The number of para-hydroxylation sites is 1. The Morgan fingerprint density at radius 1 is 1.26 bits per heavy atom. The summed E-state index contributed by atoms with van der Waals surface area (Å²) in [5, 5.41) is 1.10. The Kier molecular flexibility index (Phi) is 4.68. The van der Waals surface area contributed by atoms with E-state index in [0.29, 0.717) is 12.0 Å². The summed E-state index contributed by atoms with van der Waals surface area (Å²) >= 11 is 0. The van der Waals surface area contributed by atoms with Crippen LogP contribution in [-0.4, -0.2) is 71.6 Å². The maximum absolute atomic E-state index is 14.0. The molecular weight excluding hydrogens is 434 g/mol. The van der Waals surface area contributed by atoms with E-state index in [2.05, 4.69) is 16.0 Å². The smallest absolute Gasteiger partial charge is 0.417 e. The molecule has 1 N–H and O–H groups in total. The minimum atomic E-state index is -1.04. The van der Waals surface area contributed by atoms with Crippen LogP contribution in [0, 0.1) is 11.8 Å². The summed E-state index contributed by atoms with van der Waals surface area (Å²) in [6.07, 6.45) is 2.71. The van der Waals surface area contributed by atoms with Crippen molar-refractivity contribution in [1.29, 1.82) is 0 Å². The molecule has 4 aliphatic heterocycles. The van der Waals surface area contributed by atoms with E-state index in [9.17, 15) is 14.4 Å². The fraction of sp³-hybridized carbons (Fsp3) is 0.500. The molecule has 4 unspecified atom stereocenters. The Hall–Kier alpha value is -3.13. The molecule has 7 rings (SSSR count). The van der Waals surface area contributed by atoms with E-state index in [0.717, 1.165) is 41.7 Å². The number of ether oxygens (including phenoxy) is 2. The van der Waals surface area contributed by atoms with Crippen molar-refractivity contribution < 1.29 is 23.9 Å². The predicted octanol–water partition coefficient (Wildman–Crippen LogP) is 2.77. The highest BCUT2D eigenvalue weighted by Gasteiger charge is 2.62. The molecule has 5 atom stereocenters. The van der Waals surface area contributed by atoms with Crippen molar-refractivity contribution in [3.63, 3.8) is 0 Å². The summed E-state index contributed by atoms with van der Waals surface area (Å²) in [4.78, 5) is 47.3. The number of carbonyl (C=O) groups is 3. The van der Waals surface area contributed by atoms with E-state index in [1.807, 2.05) is 38.1 Å². The molecule has 34 heavy (non-hydrogen) atoms. The monoisotopic (exact) mass is 463 g/mol. The van der Waals surface area contributed by atoms with Gasteiger partial charge in [0.05, 0.1) is 19.2 Å². The van der Waals surface area contributed by atoms with Crippen molar-refractivity contribution >= 4 is 28.9 Å². The quantitative estimate of drug-likeness (QED) is 0.704. The van der Waals surface area contributed by atoms with Crippen molar-refractivity contribution in [3.05, 3.63) is 47.2 Å². The molecule has 4 bridgehead atoms. The van der Waals surface area contributed by atoms with Gasteiger partial charge >= 0.3 is 12.1 Å². The van der Waals surface area contributed by atoms with Crippen LogP contribution in [0.5, 0.6) is 0 Å². The van der Waals surface area contributed by atoms with Crippen molar-refractivity contribution in [3.8, 4) is 0 Å². The molecule has 0 spiro atoms. The van der Waals surface area contributed by atoms with Crippen LogP contribution in [0.25, 0.3) is 10.9 Å². The standard InChI is InChI=1S/C26H29N3O5/c1-14(2)20-13-34-25(32)29(20)23(30)18-10-15-11-26(24(31)33-3)21-17(8-9-28(12-15)22(18)26)16-6-4-5-7-19(16)27-21/h4-7,10,14-15,20,22,27H,8-9,11-13H2,1-3H3/t15?,20-,22?,26?/m1/s1.